The molecule has 1 N–H and O–H groups in total. The van der Waals surface area contributed by atoms with Gasteiger partial charge in [0.2, 0.25) is 0 Å². The number of aliphatic hydroxyl groups is 1. The molecule has 3 nitrogen and oxygen atoms in total. The lowest BCUT2D eigenvalue weighted by molar-refractivity contribution is 0.169. The van der Waals surface area contributed by atoms with Gasteiger partial charge in [-0.3, -0.25) is 0 Å². The summed E-state index contributed by atoms with van der Waals surface area (Å²) in [6.45, 7) is 0.0361. The molecule has 3 aliphatic carbocycles. The zero-order valence-corrected chi connectivity index (χ0v) is 10.9. The Kier molecular flexibility index (Phi) is 1.83. The first-order valence-corrected chi connectivity index (χ1v) is 8.03. The quantitative estimate of drug-likeness (QED) is 0.902. The van der Waals surface area contributed by atoms with Crippen LogP contribution in [0.5, 0.6) is 0 Å². The highest BCUT2D eigenvalue weighted by atomic mass is 32.2. The second-order valence-electron chi connectivity index (χ2n) is 5.84. The van der Waals surface area contributed by atoms with Crippen molar-refractivity contribution in [2.75, 3.05) is 6.61 Å². The van der Waals surface area contributed by atoms with Crippen molar-refractivity contribution in [2.45, 2.75) is 28.9 Å². The third-order valence-electron chi connectivity index (χ3n) is 5.59. The molecule has 0 aliphatic heterocycles. The van der Waals surface area contributed by atoms with E-state index in [9.17, 15) is 13.5 Å². The second kappa shape index (κ2) is 2.99. The summed E-state index contributed by atoms with van der Waals surface area (Å²) in [5.74, 6) is 0.415. The van der Waals surface area contributed by atoms with E-state index >= 15 is 0 Å². The average Bonchev–Trinajstić information content (AvgIpc) is 3.26. The molecule has 0 heterocycles. The fourth-order valence-electron chi connectivity index (χ4n) is 4.90. The van der Waals surface area contributed by atoms with Crippen LogP contribution in [0.15, 0.2) is 35.2 Å². The van der Waals surface area contributed by atoms with Crippen molar-refractivity contribution in [1.82, 2.24) is 0 Å². The van der Waals surface area contributed by atoms with Gasteiger partial charge in [0.1, 0.15) is 0 Å². The summed E-state index contributed by atoms with van der Waals surface area (Å²) >= 11 is 0. The summed E-state index contributed by atoms with van der Waals surface area (Å²) in [6.07, 6.45) is 3.04. The van der Waals surface area contributed by atoms with Crippen molar-refractivity contribution in [1.29, 1.82) is 0 Å². The van der Waals surface area contributed by atoms with Gasteiger partial charge in [0.25, 0.3) is 0 Å². The van der Waals surface area contributed by atoms with Gasteiger partial charge in [-0.15, -0.1) is 0 Å². The van der Waals surface area contributed by atoms with E-state index in [1.54, 1.807) is 24.3 Å². The van der Waals surface area contributed by atoms with Gasteiger partial charge >= 0.3 is 0 Å². The fourth-order valence-corrected chi connectivity index (χ4v) is 7.94. The largest absolute Gasteiger partial charge is 0.396 e. The Bertz CT molecular complexity index is 593. The van der Waals surface area contributed by atoms with Crippen molar-refractivity contribution in [3.63, 3.8) is 0 Å². The van der Waals surface area contributed by atoms with E-state index < -0.39 is 14.6 Å². The van der Waals surface area contributed by atoms with Crippen LogP contribution in [0.2, 0.25) is 0 Å². The third-order valence-corrected chi connectivity index (χ3v) is 8.32. The van der Waals surface area contributed by atoms with Gasteiger partial charge in [0, 0.05) is 5.41 Å². The summed E-state index contributed by atoms with van der Waals surface area (Å²) in [5, 5.41) is 9.62. The van der Waals surface area contributed by atoms with Crippen LogP contribution in [0.4, 0.5) is 0 Å². The van der Waals surface area contributed by atoms with Crippen molar-refractivity contribution >= 4 is 9.84 Å². The molecule has 0 bridgehead atoms. The van der Waals surface area contributed by atoms with Crippen molar-refractivity contribution in [3.8, 4) is 0 Å². The molecule has 1 aromatic rings. The first-order valence-electron chi connectivity index (χ1n) is 6.54. The number of sulfone groups is 1. The summed E-state index contributed by atoms with van der Waals surface area (Å²) in [4.78, 5) is 0.426. The van der Waals surface area contributed by atoms with Crippen LogP contribution in [-0.2, 0) is 9.84 Å². The van der Waals surface area contributed by atoms with Crippen LogP contribution in [0, 0.1) is 17.3 Å². The van der Waals surface area contributed by atoms with Gasteiger partial charge in [-0.05, 0) is 36.8 Å². The van der Waals surface area contributed by atoms with E-state index in [2.05, 4.69) is 0 Å². The number of rotatable bonds is 3. The SMILES string of the molecule is O=S(=O)(c1ccccc1)C12C3CCCC1C32CO. The zero-order chi connectivity index (χ0) is 12.6. The van der Waals surface area contributed by atoms with Gasteiger partial charge in [-0.2, -0.15) is 0 Å². The van der Waals surface area contributed by atoms with E-state index in [-0.39, 0.29) is 23.9 Å². The predicted octanol–water partition coefficient (Wildman–Crippen LogP) is 1.62. The van der Waals surface area contributed by atoms with Gasteiger partial charge in [0.15, 0.2) is 9.84 Å². The monoisotopic (exact) mass is 264 g/mol. The number of hydrogen-bond acceptors (Lipinski definition) is 3. The first-order chi connectivity index (χ1) is 8.64. The highest BCUT2D eigenvalue weighted by Gasteiger charge is 3.02. The maximum atomic E-state index is 12.8. The summed E-state index contributed by atoms with van der Waals surface area (Å²) in [5.41, 5.74) is -0.278. The van der Waals surface area contributed by atoms with Crippen molar-refractivity contribution in [3.05, 3.63) is 30.3 Å². The molecule has 2 unspecified atom stereocenters. The van der Waals surface area contributed by atoms with Gasteiger partial charge in [-0.1, -0.05) is 24.6 Å². The predicted molar refractivity (Wildman–Crippen MR) is 66.7 cm³/mol. The lowest BCUT2D eigenvalue weighted by Gasteiger charge is -2.27. The summed E-state index contributed by atoms with van der Waals surface area (Å²) in [7, 11) is -3.28. The lowest BCUT2D eigenvalue weighted by Crippen LogP contribution is -2.29. The molecule has 3 saturated carbocycles. The van der Waals surface area contributed by atoms with Crippen LogP contribution in [0.25, 0.3) is 0 Å². The van der Waals surface area contributed by atoms with Crippen molar-refractivity contribution < 1.29 is 13.5 Å². The molecule has 0 radical (unpaired) electrons. The number of benzene rings is 1. The smallest absolute Gasteiger partial charge is 0.185 e. The van der Waals surface area contributed by atoms with Crippen LogP contribution in [0.1, 0.15) is 19.3 Å². The first kappa shape index (κ1) is 11.0. The Balaban J connectivity index is 1.83. The van der Waals surface area contributed by atoms with Gasteiger partial charge < -0.3 is 5.11 Å². The Morgan fingerprint density at radius 1 is 1.17 bits per heavy atom. The minimum Gasteiger partial charge on any atom is -0.396 e. The molecule has 3 fully saturated rings. The molecule has 0 aromatic heterocycles. The molecular weight excluding hydrogens is 248 g/mol. The highest BCUT2D eigenvalue weighted by Crippen LogP contribution is 2.94. The standard InChI is InChI=1S/C14H16O3S/c15-9-13-11-7-4-8-12(13)14(11,13)18(16,17)10-5-2-1-3-6-10/h1-3,5-6,11-12,15H,4,7-9H2. The molecule has 0 spiro atoms. The molecule has 1 aromatic carbocycles. The van der Waals surface area contributed by atoms with Crippen molar-refractivity contribution in [2.24, 2.45) is 17.3 Å². The molecule has 4 heteroatoms. The molecule has 4 rings (SSSR count). The number of hydrogen-bond donors (Lipinski definition) is 1. The van der Waals surface area contributed by atoms with Crippen LogP contribution in [0.3, 0.4) is 0 Å². The van der Waals surface area contributed by atoms with E-state index in [1.165, 1.54) is 0 Å². The topological polar surface area (TPSA) is 54.4 Å². The number of fused-ring (bicyclic) bond motifs is 2. The van der Waals surface area contributed by atoms with Gasteiger partial charge in [0.05, 0.1) is 16.2 Å². The van der Waals surface area contributed by atoms with E-state index in [4.69, 9.17) is 0 Å². The van der Waals surface area contributed by atoms with E-state index in [0.717, 1.165) is 19.3 Å². The lowest BCUT2D eigenvalue weighted by atomic mass is 9.83. The summed E-state index contributed by atoms with van der Waals surface area (Å²) in [6, 6.07) is 8.73. The summed E-state index contributed by atoms with van der Waals surface area (Å²) < 4.78 is 25.0. The molecule has 96 valence electrons. The molecular formula is C14H16O3S. The second-order valence-corrected chi connectivity index (χ2v) is 8.00. The maximum Gasteiger partial charge on any atom is 0.185 e. The van der Waals surface area contributed by atoms with E-state index in [1.807, 2.05) is 6.07 Å². The van der Waals surface area contributed by atoms with Crippen LogP contribution in [-0.4, -0.2) is 24.9 Å². The molecule has 2 atom stereocenters. The normalized spacial score (nSPS) is 44.3. The minimum atomic E-state index is -3.28. The molecule has 0 saturated heterocycles. The fraction of sp³-hybridized carbons (Fsp3) is 0.571. The van der Waals surface area contributed by atoms with Crippen LogP contribution >= 0.6 is 0 Å². The highest BCUT2D eigenvalue weighted by molar-refractivity contribution is 7.93. The molecule has 3 aliphatic rings. The van der Waals surface area contributed by atoms with Gasteiger partial charge in [-0.25, -0.2) is 8.42 Å². The Morgan fingerprint density at radius 3 is 2.28 bits per heavy atom. The Morgan fingerprint density at radius 2 is 1.78 bits per heavy atom. The number of aliphatic hydroxyl groups excluding tert-OH is 1. The molecule has 18 heavy (non-hydrogen) atoms. The Hall–Kier alpha value is -0.870. The minimum absolute atomic E-state index is 0.0361. The van der Waals surface area contributed by atoms with E-state index in [0.29, 0.717) is 4.90 Å². The Labute approximate surface area is 107 Å². The zero-order valence-electron chi connectivity index (χ0n) is 10.0. The maximum absolute atomic E-state index is 12.8. The average molecular weight is 264 g/mol. The molecule has 0 amide bonds. The van der Waals surface area contributed by atoms with Crippen LogP contribution < -0.4 is 0 Å². The third kappa shape index (κ3) is 0.835.